The molecule has 0 radical (unpaired) electrons. The molecule has 0 aliphatic heterocycles. The van der Waals surface area contributed by atoms with Crippen molar-refractivity contribution in [2.75, 3.05) is 0 Å². The first-order chi connectivity index (χ1) is 4.75. The Morgan fingerprint density at radius 2 is 2.10 bits per heavy atom. The number of aromatic nitrogens is 1. The lowest BCUT2D eigenvalue weighted by atomic mass is 10.3. The molecule has 0 unspecified atom stereocenters. The second-order valence-corrected chi connectivity index (χ2v) is 3.81. The van der Waals surface area contributed by atoms with Crippen LogP contribution in [0.3, 0.4) is 0 Å². The lowest BCUT2D eigenvalue weighted by Crippen LogP contribution is -1.83. The highest BCUT2D eigenvalue weighted by Crippen LogP contribution is 2.25. The van der Waals surface area contributed by atoms with Gasteiger partial charge in [-0.05, 0) is 43.5 Å². The minimum atomic E-state index is 0.842. The van der Waals surface area contributed by atoms with Crippen LogP contribution in [0.4, 0.5) is 0 Å². The number of alkyl halides is 1. The average Bonchev–Trinajstić information content (AvgIpc) is 1.95. The number of hydrogen-bond donors (Lipinski definition) is 0. The first-order valence-electron chi connectivity index (χ1n) is 2.60. The summed E-state index contributed by atoms with van der Waals surface area (Å²) >= 11 is 10.1. The molecule has 54 valence electrons. The van der Waals surface area contributed by atoms with Gasteiger partial charge in [0.1, 0.15) is 4.60 Å². The van der Waals surface area contributed by atoms with Crippen LogP contribution >= 0.6 is 47.8 Å². The molecule has 0 spiro atoms. The summed E-state index contributed by atoms with van der Waals surface area (Å²) in [6.07, 6.45) is 1.77. The molecule has 0 aliphatic carbocycles. The van der Waals surface area contributed by atoms with Crippen LogP contribution < -0.4 is 0 Å². The van der Waals surface area contributed by atoms with Gasteiger partial charge < -0.3 is 0 Å². The van der Waals surface area contributed by atoms with E-state index in [0.717, 1.165) is 14.4 Å². The van der Waals surface area contributed by atoms with Crippen molar-refractivity contribution in [3.63, 3.8) is 0 Å². The van der Waals surface area contributed by atoms with Crippen LogP contribution in [-0.4, -0.2) is 4.98 Å². The van der Waals surface area contributed by atoms with Crippen molar-refractivity contribution in [3.8, 4) is 0 Å². The van der Waals surface area contributed by atoms with Gasteiger partial charge in [0.2, 0.25) is 0 Å². The highest BCUT2D eigenvalue weighted by atomic mass is 79.9. The molecular weight excluding hydrogens is 326 g/mol. The van der Waals surface area contributed by atoms with Crippen LogP contribution in [0, 0.1) is 0 Å². The second kappa shape index (κ2) is 3.83. The summed E-state index contributed by atoms with van der Waals surface area (Å²) in [7, 11) is 0. The fourth-order valence-electron chi connectivity index (χ4n) is 0.558. The smallest absolute Gasteiger partial charge is 0.120 e. The quantitative estimate of drug-likeness (QED) is 0.567. The Balaban J connectivity index is 3.14. The first-order valence-corrected chi connectivity index (χ1v) is 5.31. The summed E-state index contributed by atoms with van der Waals surface area (Å²) in [5.41, 5.74) is 1.20. The standard InChI is InChI=1S/C6H4Br3N/c7-3-4-1-2-10-6(9)5(4)8/h1-2H,3H2. The number of pyridine rings is 1. The summed E-state index contributed by atoms with van der Waals surface area (Å²) in [4.78, 5) is 4.04. The fraction of sp³-hybridized carbons (Fsp3) is 0.167. The maximum absolute atomic E-state index is 4.04. The molecule has 0 saturated heterocycles. The van der Waals surface area contributed by atoms with Crippen molar-refractivity contribution < 1.29 is 0 Å². The van der Waals surface area contributed by atoms with Crippen LogP contribution in [0.1, 0.15) is 5.56 Å². The van der Waals surface area contributed by atoms with E-state index < -0.39 is 0 Å². The highest BCUT2D eigenvalue weighted by Gasteiger charge is 2.01. The average molecular weight is 330 g/mol. The van der Waals surface area contributed by atoms with Crippen molar-refractivity contribution >= 4 is 47.8 Å². The molecule has 0 saturated carbocycles. The molecular formula is C6H4Br3N. The van der Waals surface area contributed by atoms with E-state index in [1.165, 1.54) is 5.56 Å². The van der Waals surface area contributed by atoms with Gasteiger partial charge in [-0.1, -0.05) is 15.9 Å². The molecule has 4 heteroatoms. The van der Waals surface area contributed by atoms with Gasteiger partial charge in [-0.2, -0.15) is 0 Å². The maximum atomic E-state index is 4.04. The van der Waals surface area contributed by atoms with Crippen LogP contribution in [0.5, 0.6) is 0 Å². The van der Waals surface area contributed by atoms with Crippen molar-refractivity contribution in [3.05, 3.63) is 26.9 Å². The molecule has 0 fully saturated rings. The number of nitrogens with zero attached hydrogens (tertiary/aromatic N) is 1. The molecule has 1 aromatic rings. The molecule has 0 N–H and O–H groups in total. The SMILES string of the molecule is BrCc1ccnc(Br)c1Br. The van der Waals surface area contributed by atoms with Gasteiger partial charge in [0.15, 0.2) is 0 Å². The summed E-state index contributed by atoms with van der Waals surface area (Å²) < 4.78 is 1.87. The molecule has 0 bridgehead atoms. The van der Waals surface area contributed by atoms with Crippen molar-refractivity contribution in [1.82, 2.24) is 4.98 Å². The highest BCUT2D eigenvalue weighted by molar-refractivity contribution is 9.13. The van der Waals surface area contributed by atoms with Gasteiger partial charge in [-0.25, -0.2) is 4.98 Å². The van der Waals surface area contributed by atoms with Crippen molar-refractivity contribution in [2.24, 2.45) is 0 Å². The predicted molar refractivity (Wildman–Crippen MR) is 52.3 cm³/mol. The largest absolute Gasteiger partial charge is 0.248 e. The lowest BCUT2D eigenvalue weighted by Gasteiger charge is -1.99. The summed E-state index contributed by atoms with van der Waals surface area (Å²) in [6.45, 7) is 0. The normalized spacial score (nSPS) is 9.90. The van der Waals surface area contributed by atoms with E-state index in [-0.39, 0.29) is 0 Å². The Hall–Kier alpha value is 0.590. The third-order valence-electron chi connectivity index (χ3n) is 1.07. The Labute approximate surface area is 84.6 Å². The molecule has 1 nitrogen and oxygen atoms in total. The molecule has 1 rings (SSSR count). The zero-order valence-electron chi connectivity index (χ0n) is 4.94. The van der Waals surface area contributed by atoms with Crippen molar-refractivity contribution in [2.45, 2.75) is 5.33 Å². The molecule has 10 heavy (non-hydrogen) atoms. The number of hydrogen-bond acceptors (Lipinski definition) is 1. The molecule has 0 aromatic carbocycles. The predicted octanol–water partition coefficient (Wildman–Crippen LogP) is 3.50. The van der Waals surface area contributed by atoms with Gasteiger partial charge in [0.05, 0.1) is 4.47 Å². The third-order valence-corrected chi connectivity index (χ3v) is 3.69. The monoisotopic (exact) mass is 327 g/mol. The number of rotatable bonds is 1. The van der Waals surface area contributed by atoms with Crippen LogP contribution in [-0.2, 0) is 5.33 Å². The van der Waals surface area contributed by atoms with Crippen LogP contribution in [0.2, 0.25) is 0 Å². The van der Waals surface area contributed by atoms with E-state index in [1.807, 2.05) is 6.07 Å². The minimum absolute atomic E-state index is 0.842. The Morgan fingerprint density at radius 1 is 1.40 bits per heavy atom. The van der Waals surface area contributed by atoms with Crippen LogP contribution in [0.25, 0.3) is 0 Å². The summed E-state index contributed by atoms with van der Waals surface area (Å²) in [5.74, 6) is 0. The molecule has 0 amide bonds. The molecule has 1 aromatic heterocycles. The minimum Gasteiger partial charge on any atom is -0.248 e. The Bertz CT molecular complexity index is 236. The van der Waals surface area contributed by atoms with E-state index >= 15 is 0 Å². The van der Waals surface area contributed by atoms with Crippen LogP contribution in [0.15, 0.2) is 21.3 Å². The molecule has 1 heterocycles. The zero-order chi connectivity index (χ0) is 7.56. The third kappa shape index (κ3) is 1.80. The Morgan fingerprint density at radius 3 is 2.60 bits per heavy atom. The molecule has 0 aliphatic rings. The summed E-state index contributed by atoms with van der Waals surface area (Å²) in [5, 5.41) is 0.842. The summed E-state index contributed by atoms with van der Waals surface area (Å²) in [6, 6.07) is 1.96. The van der Waals surface area contributed by atoms with Gasteiger partial charge >= 0.3 is 0 Å². The second-order valence-electron chi connectivity index (χ2n) is 1.71. The van der Waals surface area contributed by atoms with E-state index in [1.54, 1.807) is 6.20 Å². The van der Waals surface area contributed by atoms with E-state index in [2.05, 4.69) is 52.8 Å². The maximum Gasteiger partial charge on any atom is 0.120 e. The van der Waals surface area contributed by atoms with Gasteiger partial charge in [0, 0.05) is 11.5 Å². The zero-order valence-corrected chi connectivity index (χ0v) is 9.70. The first kappa shape index (κ1) is 8.68. The van der Waals surface area contributed by atoms with E-state index in [0.29, 0.717) is 0 Å². The lowest BCUT2D eigenvalue weighted by molar-refractivity contribution is 1.21. The van der Waals surface area contributed by atoms with Gasteiger partial charge in [0.25, 0.3) is 0 Å². The van der Waals surface area contributed by atoms with E-state index in [4.69, 9.17) is 0 Å². The fourth-order valence-corrected chi connectivity index (χ4v) is 2.15. The topological polar surface area (TPSA) is 12.9 Å². The molecule has 0 atom stereocenters. The number of halogens is 3. The van der Waals surface area contributed by atoms with Gasteiger partial charge in [-0.15, -0.1) is 0 Å². The van der Waals surface area contributed by atoms with E-state index in [9.17, 15) is 0 Å². The Kier molecular flexibility index (Phi) is 3.33. The van der Waals surface area contributed by atoms with Crippen molar-refractivity contribution in [1.29, 1.82) is 0 Å². The van der Waals surface area contributed by atoms with Gasteiger partial charge in [-0.3, -0.25) is 0 Å².